The number of benzene rings is 1. The normalized spacial score (nSPS) is 10.4. The molecule has 3 N–H and O–H groups in total. The molecule has 0 aliphatic heterocycles. The fraction of sp³-hybridized carbons (Fsp3) is 0.0833. The first-order valence-electron chi connectivity index (χ1n) is 5.29. The molecule has 1 amide bonds. The van der Waals surface area contributed by atoms with Crippen molar-refractivity contribution in [2.24, 2.45) is 5.73 Å². The highest BCUT2D eigenvalue weighted by atomic mass is 35.5. The van der Waals surface area contributed by atoms with Gasteiger partial charge in [0.2, 0.25) is 0 Å². The number of primary amides is 1. The molecule has 0 unspecified atom stereocenters. The van der Waals surface area contributed by atoms with Gasteiger partial charge in [0.05, 0.1) is 11.9 Å². The van der Waals surface area contributed by atoms with Gasteiger partial charge in [-0.2, -0.15) is 5.10 Å². The van der Waals surface area contributed by atoms with Gasteiger partial charge in [-0.25, -0.2) is 9.48 Å². The van der Waals surface area contributed by atoms with Gasteiger partial charge in [-0.1, -0.05) is 17.7 Å². The number of hydrogen-bond acceptors (Lipinski definition) is 3. The number of halogens is 1. The maximum atomic E-state index is 11.4. The van der Waals surface area contributed by atoms with Crippen molar-refractivity contribution in [3.05, 3.63) is 46.2 Å². The Morgan fingerprint density at radius 3 is 2.63 bits per heavy atom. The van der Waals surface area contributed by atoms with E-state index in [1.165, 1.54) is 0 Å². The lowest BCUT2D eigenvalue weighted by Crippen LogP contribution is -2.20. The summed E-state index contributed by atoms with van der Waals surface area (Å²) >= 11 is 5.99. The van der Waals surface area contributed by atoms with Crippen LogP contribution in [0.5, 0.6) is 0 Å². The van der Waals surface area contributed by atoms with Crippen LogP contribution in [0.25, 0.3) is 5.69 Å². The van der Waals surface area contributed by atoms with E-state index >= 15 is 0 Å². The molecule has 0 aliphatic carbocycles. The second-order valence-corrected chi connectivity index (χ2v) is 4.33. The molecule has 0 saturated heterocycles. The summed E-state index contributed by atoms with van der Waals surface area (Å²) in [5.41, 5.74) is 6.10. The number of nitrogens with zero attached hydrogens (tertiary/aromatic N) is 2. The molecule has 19 heavy (non-hydrogen) atoms. The Morgan fingerprint density at radius 2 is 2.11 bits per heavy atom. The summed E-state index contributed by atoms with van der Waals surface area (Å²) in [7, 11) is 0. The predicted molar refractivity (Wildman–Crippen MR) is 68.8 cm³/mol. The SMILES string of the molecule is Cc1ccc(-n2ncc(C(=O)O)c2C(N)=O)cc1Cl. The van der Waals surface area contributed by atoms with Crippen molar-refractivity contribution in [2.45, 2.75) is 6.92 Å². The highest BCUT2D eigenvalue weighted by Crippen LogP contribution is 2.21. The summed E-state index contributed by atoms with van der Waals surface area (Å²) < 4.78 is 1.16. The average molecular weight is 280 g/mol. The van der Waals surface area contributed by atoms with Crippen LogP contribution in [0.15, 0.2) is 24.4 Å². The first-order chi connectivity index (χ1) is 8.91. The Hall–Kier alpha value is -2.34. The highest BCUT2D eigenvalue weighted by molar-refractivity contribution is 6.31. The van der Waals surface area contributed by atoms with Crippen LogP contribution in [0.3, 0.4) is 0 Å². The van der Waals surface area contributed by atoms with Gasteiger partial charge in [-0.05, 0) is 24.6 Å². The number of carboxylic acid groups (broad SMARTS) is 1. The van der Waals surface area contributed by atoms with Crippen molar-refractivity contribution in [1.29, 1.82) is 0 Å². The standard InChI is InChI=1S/C12H10ClN3O3/c1-6-2-3-7(4-9(6)13)16-10(11(14)17)8(5-15-16)12(18)19/h2-5H,1H3,(H2,14,17)(H,18,19). The lowest BCUT2D eigenvalue weighted by atomic mass is 10.2. The molecule has 98 valence electrons. The molecular weight excluding hydrogens is 270 g/mol. The molecule has 1 aromatic carbocycles. The number of hydrogen-bond donors (Lipinski definition) is 2. The van der Waals surface area contributed by atoms with Crippen molar-refractivity contribution in [3.8, 4) is 5.69 Å². The number of aromatic carboxylic acids is 1. The van der Waals surface area contributed by atoms with Gasteiger partial charge >= 0.3 is 5.97 Å². The Morgan fingerprint density at radius 1 is 1.42 bits per heavy atom. The van der Waals surface area contributed by atoms with Crippen molar-refractivity contribution in [1.82, 2.24) is 9.78 Å². The second kappa shape index (κ2) is 4.74. The number of carbonyl (C=O) groups excluding carboxylic acids is 1. The van der Waals surface area contributed by atoms with E-state index in [4.69, 9.17) is 22.4 Å². The maximum Gasteiger partial charge on any atom is 0.339 e. The third kappa shape index (κ3) is 2.30. The lowest BCUT2D eigenvalue weighted by Gasteiger charge is -2.07. The fourth-order valence-corrected chi connectivity index (χ4v) is 1.83. The lowest BCUT2D eigenvalue weighted by molar-refractivity contribution is 0.0692. The fourth-order valence-electron chi connectivity index (χ4n) is 1.65. The monoisotopic (exact) mass is 279 g/mol. The molecule has 2 aromatic rings. The molecule has 0 atom stereocenters. The van der Waals surface area contributed by atoms with Gasteiger partial charge in [-0.3, -0.25) is 4.79 Å². The highest BCUT2D eigenvalue weighted by Gasteiger charge is 2.22. The number of nitrogens with two attached hydrogens (primary N) is 1. The summed E-state index contributed by atoms with van der Waals surface area (Å²) in [5, 5.41) is 13.3. The van der Waals surface area contributed by atoms with E-state index in [2.05, 4.69) is 5.10 Å². The van der Waals surface area contributed by atoms with Crippen LogP contribution in [-0.2, 0) is 0 Å². The van der Waals surface area contributed by atoms with Crippen molar-refractivity contribution >= 4 is 23.5 Å². The van der Waals surface area contributed by atoms with E-state index < -0.39 is 11.9 Å². The van der Waals surface area contributed by atoms with Gasteiger partial charge in [0.1, 0.15) is 11.3 Å². The second-order valence-electron chi connectivity index (χ2n) is 3.92. The molecule has 6 nitrogen and oxygen atoms in total. The zero-order valence-electron chi connectivity index (χ0n) is 9.92. The molecule has 2 rings (SSSR count). The van der Waals surface area contributed by atoms with Crippen LogP contribution in [0.1, 0.15) is 26.4 Å². The third-order valence-corrected chi connectivity index (χ3v) is 3.04. The Bertz CT molecular complexity index is 679. The van der Waals surface area contributed by atoms with E-state index in [0.29, 0.717) is 10.7 Å². The largest absolute Gasteiger partial charge is 0.478 e. The summed E-state index contributed by atoms with van der Waals surface area (Å²) in [4.78, 5) is 22.4. The molecule has 0 fully saturated rings. The summed E-state index contributed by atoms with van der Waals surface area (Å²) in [6.45, 7) is 1.83. The minimum absolute atomic E-state index is 0.188. The molecule has 7 heteroatoms. The molecule has 0 radical (unpaired) electrons. The van der Waals surface area contributed by atoms with E-state index in [-0.39, 0.29) is 11.3 Å². The minimum Gasteiger partial charge on any atom is -0.478 e. The van der Waals surface area contributed by atoms with Crippen LogP contribution in [-0.4, -0.2) is 26.8 Å². The molecule has 1 heterocycles. The number of amides is 1. The molecule has 1 aromatic heterocycles. The zero-order chi connectivity index (χ0) is 14.2. The van der Waals surface area contributed by atoms with Gasteiger partial charge in [-0.15, -0.1) is 0 Å². The number of carboxylic acids is 1. The third-order valence-electron chi connectivity index (χ3n) is 2.63. The van der Waals surface area contributed by atoms with Crippen molar-refractivity contribution in [3.63, 3.8) is 0 Å². The topological polar surface area (TPSA) is 98.2 Å². The average Bonchev–Trinajstić information content (AvgIpc) is 2.77. The van der Waals surface area contributed by atoms with Gasteiger partial charge in [0.15, 0.2) is 0 Å². The molecular formula is C12H10ClN3O3. The van der Waals surface area contributed by atoms with Crippen LogP contribution in [0.2, 0.25) is 5.02 Å². The zero-order valence-corrected chi connectivity index (χ0v) is 10.7. The number of aromatic nitrogens is 2. The Balaban J connectivity index is 2.65. The summed E-state index contributed by atoms with van der Waals surface area (Å²) in [6.07, 6.45) is 1.08. The molecule has 0 bridgehead atoms. The van der Waals surface area contributed by atoms with Crippen LogP contribution in [0, 0.1) is 6.92 Å². The molecule has 0 saturated carbocycles. The Labute approximate surface area is 113 Å². The van der Waals surface area contributed by atoms with Crippen molar-refractivity contribution in [2.75, 3.05) is 0 Å². The number of carbonyl (C=O) groups is 2. The minimum atomic E-state index is -1.27. The van der Waals surface area contributed by atoms with Crippen molar-refractivity contribution < 1.29 is 14.7 Å². The molecule has 0 aliphatic rings. The Kier molecular flexibility index (Phi) is 3.26. The van der Waals surface area contributed by atoms with E-state index in [0.717, 1.165) is 16.4 Å². The van der Waals surface area contributed by atoms with E-state index in [1.54, 1.807) is 18.2 Å². The quantitative estimate of drug-likeness (QED) is 0.892. The first kappa shape index (κ1) is 13.1. The number of aryl methyl sites for hydroxylation is 1. The van der Waals surface area contributed by atoms with Gasteiger partial charge < -0.3 is 10.8 Å². The summed E-state index contributed by atoms with van der Waals surface area (Å²) in [6, 6.07) is 5.00. The van der Waals surface area contributed by atoms with Gasteiger partial charge in [0.25, 0.3) is 5.91 Å². The van der Waals surface area contributed by atoms with E-state index in [9.17, 15) is 9.59 Å². The predicted octanol–water partition coefficient (Wildman–Crippen LogP) is 1.63. The smallest absolute Gasteiger partial charge is 0.339 e. The first-order valence-corrected chi connectivity index (χ1v) is 5.67. The summed E-state index contributed by atoms with van der Waals surface area (Å²) in [5.74, 6) is -2.13. The molecule has 0 spiro atoms. The maximum absolute atomic E-state index is 11.4. The van der Waals surface area contributed by atoms with E-state index in [1.807, 2.05) is 6.92 Å². The number of rotatable bonds is 3. The van der Waals surface area contributed by atoms with Crippen LogP contribution < -0.4 is 5.73 Å². The van der Waals surface area contributed by atoms with Gasteiger partial charge in [0, 0.05) is 5.02 Å². The van der Waals surface area contributed by atoms with Crippen LogP contribution in [0.4, 0.5) is 0 Å². The van der Waals surface area contributed by atoms with Crippen LogP contribution >= 0.6 is 11.6 Å².